The number of ether oxygens (including phenoxy) is 2. The Morgan fingerprint density at radius 1 is 1.06 bits per heavy atom. The highest BCUT2D eigenvalue weighted by Crippen LogP contribution is 2.44. The smallest absolute Gasteiger partial charge is 0.433 e. The number of morpholine rings is 1. The van der Waals surface area contributed by atoms with E-state index in [1.54, 1.807) is 13.0 Å². The van der Waals surface area contributed by atoms with Crippen LogP contribution in [0.5, 0.6) is 0 Å². The molecule has 1 fully saturated rings. The Labute approximate surface area is 294 Å². The molecule has 12 nitrogen and oxygen atoms in total. The lowest BCUT2D eigenvalue weighted by Gasteiger charge is -2.43. The maximum atomic E-state index is 14.1. The Balaban J connectivity index is 1.60. The fourth-order valence-electron chi connectivity index (χ4n) is 6.20. The number of carbonyl (C=O) groups is 2. The van der Waals surface area contributed by atoms with Crippen LogP contribution < -0.4 is 14.7 Å². The van der Waals surface area contributed by atoms with Crippen LogP contribution in [-0.4, -0.2) is 71.1 Å². The summed E-state index contributed by atoms with van der Waals surface area (Å²) in [4.78, 5) is 41.9. The highest BCUT2D eigenvalue weighted by molar-refractivity contribution is 5.90. The summed E-state index contributed by atoms with van der Waals surface area (Å²) in [7, 11) is 0. The molecule has 1 N–H and O–H groups in total. The molecule has 278 valence electrons. The number of pyridine rings is 1. The van der Waals surface area contributed by atoms with Crippen LogP contribution in [0.15, 0.2) is 42.7 Å². The van der Waals surface area contributed by atoms with E-state index in [4.69, 9.17) is 14.6 Å². The first-order chi connectivity index (χ1) is 24.7. The lowest BCUT2D eigenvalue weighted by atomic mass is 9.91. The molecule has 3 aromatic rings. The second-order valence-corrected chi connectivity index (χ2v) is 12.2. The number of rotatable bonds is 11. The molecule has 2 aromatic heterocycles. The molecule has 0 saturated carbocycles. The number of aromatic nitrogens is 3. The van der Waals surface area contributed by atoms with Crippen LogP contribution in [0.2, 0.25) is 0 Å². The van der Waals surface area contributed by atoms with Gasteiger partial charge in [0.15, 0.2) is 0 Å². The number of carboxylic acids is 1. The molecule has 52 heavy (non-hydrogen) atoms. The zero-order valence-electron chi connectivity index (χ0n) is 28.0. The summed E-state index contributed by atoms with van der Waals surface area (Å²) < 4.78 is 94.9. The van der Waals surface area contributed by atoms with Crippen molar-refractivity contribution >= 4 is 29.4 Å². The number of fused-ring (bicyclic) bond motifs is 1. The fourth-order valence-corrected chi connectivity index (χ4v) is 6.20. The number of amides is 1. The van der Waals surface area contributed by atoms with Gasteiger partial charge in [0.05, 0.1) is 72.5 Å². The summed E-state index contributed by atoms with van der Waals surface area (Å²) in [6.07, 6.45) is -7.00. The molecule has 0 radical (unpaired) electrons. The molecule has 2 aliphatic heterocycles. The monoisotopic (exact) mass is 735 g/mol. The van der Waals surface area contributed by atoms with E-state index in [0.29, 0.717) is 38.1 Å². The molecule has 0 unspecified atom stereocenters. The highest BCUT2D eigenvalue weighted by atomic mass is 19.4. The predicted molar refractivity (Wildman–Crippen MR) is 173 cm³/mol. The number of unbranched alkanes of at least 4 members (excludes halogenated alkanes) is 1. The third-order valence-electron chi connectivity index (χ3n) is 8.74. The normalized spacial score (nSPS) is 17.7. The van der Waals surface area contributed by atoms with E-state index in [1.165, 1.54) is 28.3 Å². The largest absolute Gasteiger partial charge is 0.481 e. The quantitative estimate of drug-likeness (QED) is 0.165. The molecule has 0 bridgehead atoms. The maximum Gasteiger partial charge on any atom is 0.433 e. The number of benzene rings is 1. The van der Waals surface area contributed by atoms with Gasteiger partial charge in [-0.2, -0.15) is 31.6 Å². The number of carboxylic acid groups (broad SMARTS) is 1. The Morgan fingerprint density at radius 2 is 1.77 bits per heavy atom. The fraction of sp³-hybridized carbons (Fsp3) is 0.471. The van der Waals surface area contributed by atoms with E-state index in [1.807, 2.05) is 4.90 Å². The number of halogens is 6. The lowest BCUT2D eigenvalue weighted by molar-refractivity contribution is -0.141. The van der Waals surface area contributed by atoms with Crippen LogP contribution in [0.1, 0.15) is 73.1 Å². The summed E-state index contributed by atoms with van der Waals surface area (Å²) in [5.41, 5.74) is -2.21. The van der Waals surface area contributed by atoms with E-state index in [-0.39, 0.29) is 73.7 Å². The van der Waals surface area contributed by atoms with E-state index < -0.39 is 47.8 Å². The number of aliphatic carboxylic acids is 1. The standard InChI is InChI=1S/C34H35F6N7O5/c1-2-24-16-27(30-26(6-7-28(44-30)34(38,39)40)47(24)32(50)52-10-4-3-5-29(48)49)46(20-22-13-21(17-41)14-23(15-22)33(35,36)37)31-42-18-25(19-43-31)45-8-11-51-12-9-45/h6-7,13-15,18-19,24,27H,2-5,8-12,16,20H2,1H3,(H,48,49)/t24-,27+/m1/s1. The summed E-state index contributed by atoms with van der Waals surface area (Å²) in [6, 6.07) is 4.57. The van der Waals surface area contributed by atoms with Gasteiger partial charge in [0, 0.05) is 32.1 Å². The number of anilines is 3. The number of nitriles is 1. The summed E-state index contributed by atoms with van der Waals surface area (Å²) in [6.45, 7) is 3.28. The van der Waals surface area contributed by atoms with E-state index in [0.717, 1.165) is 18.2 Å². The number of hydrogen-bond acceptors (Lipinski definition) is 10. The first-order valence-electron chi connectivity index (χ1n) is 16.5. The minimum absolute atomic E-state index is 0.0108. The zero-order valence-corrected chi connectivity index (χ0v) is 28.0. The van der Waals surface area contributed by atoms with Gasteiger partial charge in [-0.25, -0.2) is 19.7 Å². The molecule has 5 rings (SSSR count). The van der Waals surface area contributed by atoms with Crippen molar-refractivity contribution in [3.63, 3.8) is 0 Å². The molecule has 0 aliphatic carbocycles. The summed E-state index contributed by atoms with van der Waals surface area (Å²) >= 11 is 0. The molecule has 1 aromatic carbocycles. The maximum absolute atomic E-state index is 14.1. The molecular formula is C34H35F6N7O5. The predicted octanol–water partition coefficient (Wildman–Crippen LogP) is 6.75. The second-order valence-electron chi connectivity index (χ2n) is 12.2. The van der Waals surface area contributed by atoms with Crippen molar-refractivity contribution in [1.29, 1.82) is 5.26 Å². The minimum Gasteiger partial charge on any atom is -0.481 e. The van der Waals surface area contributed by atoms with E-state index in [9.17, 15) is 41.2 Å². The van der Waals surface area contributed by atoms with Crippen molar-refractivity contribution in [3.05, 3.63) is 70.8 Å². The topological polar surface area (TPSA) is 145 Å². The number of nitrogens with zero attached hydrogens (tertiary/aromatic N) is 7. The van der Waals surface area contributed by atoms with Crippen molar-refractivity contribution in [1.82, 2.24) is 15.0 Å². The molecule has 2 atom stereocenters. The van der Waals surface area contributed by atoms with Crippen molar-refractivity contribution in [3.8, 4) is 6.07 Å². The highest BCUT2D eigenvalue weighted by Gasteiger charge is 2.43. The van der Waals surface area contributed by atoms with Crippen molar-refractivity contribution in [2.75, 3.05) is 47.6 Å². The van der Waals surface area contributed by atoms with Gasteiger partial charge in [0.2, 0.25) is 5.95 Å². The molecule has 1 saturated heterocycles. The molecular weight excluding hydrogens is 700 g/mol. The van der Waals surface area contributed by atoms with Crippen molar-refractivity contribution in [2.24, 2.45) is 0 Å². The number of hydrogen-bond donors (Lipinski definition) is 1. The van der Waals surface area contributed by atoms with Crippen LogP contribution in [-0.2, 0) is 33.2 Å². The zero-order chi connectivity index (χ0) is 37.6. The number of alkyl halides is 6. The van der Waals surface area contributed by atoms with Gasteiger partial charge in [0.25, 0.3) is 0 Å². The summed E-state index contributed by atoms with van der Waals surface area (Å²) in [5, 5.41) is 18.4. The summed E-state index contributed by atoms with van der Waals surface area (Å²) in [5.74, 6) is -1.05. The van der Waals surface area contributed by atoms with E-state index in [2.05, 4.69) is 15.0 Å². The first-order valence-corrected chi connectivity index (χ1v) is 16.5. The van der Waals surface area contributed by atoms with Gasteiger partial charge in [-0.15, -0.1) is 0 Å². The van der Waals surface area contributed by atoms with Crippen LogP contribution >= 0.6 is 0 Å². The van der Waals surface area contributed by atoms with Gasteiger partial charge in [-0.1, -0.05) is 6.92 Å². The van der Waals surface area contributed by atoms with Gasteiger partial charge >= 0.3 is 24.4 Å². The van der Waals surface area contributed by atoms with Crippen LogP contribution in [0, 0.1) is 11.3 Å². The molecule has 18 heteroatoms. The van der Waals surface area contributed by atoms with Crippen LogP contribution in [0.3, 0.4) is 0 Å². The van der Waals surface area contributed by atoms with Crippen molar-refractivity contribution < 1.29 is 50.5 Å². The lowest BCUT2D eigenvalue weighted by Crippen LogP contribution is -2.48. The Morgan fingerprint density at radius 3 is 2.38 bits per heavy atom. The average molecular weight is 736 g/mol. The SMILES string of the molecule is CC[C@@H]1C[C@H](N(Cc2cc(C#N)cc(C(F)(F)F)c2)c2ncc(N3CCOCC3)cn2)c2nc(C(F)(F)F)ccc2N1C(=O)OCCCCC(=O)O. The van der Waals surface area contributed by atoms with E-state index >= 15 is 0 Å². The Kier molecular flexibility index (Phi) is 11.7. The van der Waals surface area contributed by atoms with Crippen molar-refractivity contribution in [2.45, 2.75) is 70.0 Å². The van der Waals surface area contributed by atoms with Crippen LogP contribution in [0.4, 0.5) is 48.5 Å². The van der Waals surface area contributed by atoms with Gasteiger partial charge in [0.1, 0.15) is 5.69 Å². The van der Waals surface area contributed by atoms with Gasteiger partial charge in [-0.3, -0.25) is 9.69 Å². The Bertz CT molecular complexity index is 1780. The Hall–Kier alpha value is -5.18. The molecule has 1 amide bonds. The molecule has 2 aliphatic rings. The first kappa shape index (κ1) is 38.1. The van der Waals surface area contributed by atoms with Crippen LogP contribution in [0.25, 0.3) is 0 Å². The third kappa shape index (κ3) is 8.99. The second kappa shape index (κ2) is 16.0. The van der Waals surface area contributed by atoms with Gasteiger partial charge < -0.3 is 24.4 Å². The number of carbonyl (C=O) groups excluding carboxylic acids is 1. The van der Waals surface area contributed by atoms with Gasteiger partial charge in [-0.05, 0) is 61.6 Å². The minimum atomic E-state index is -4.89. The third-order valence-corrected chi connectivity index (χ3v) is 8.74. The molecule has 0 spiro atoms. The average Bonchev–Trinajstić information content (AvgIpc) is 3.12. The molecule has 4 heterocycles.